The van der Waals surface area contributed by atoms with Crippen LogP contribution in [0.4, 0.5) is 0 Å². The first-order valence-electron chi connectivity index (χ1n) is 5.53. The number of hydrogen-bond acceptors (Lipinski definition) is 2. The number of benzene rings is 1. The monoisotopic (exact) mass is 222 g/mol. The van der Waals surface area contributed by atoms with Crippen LogP contribution in [-0.4, -0.2) is 24.0 Å². The van der Waals surface area contributed by atoms with Crippen molar-refractivity contribution in [2.45, 2.75) is 24.9 Å². The van der Waals surface area contributed by atoms with Crippen LogP contribution in [-0.2, 0) is 6.42 Å². The lowest BCUT2D eigenvalue weighted by Crippen LogP contribution is -2.37. The van der Waals surface area contributed by atoms with Crippen LogP contribution in [0.15, 0.2) is 18.2 Å². The van der Waals surface area contributed by atoms with Gasteiger partial charge in [0.1, 0.15) is 0 Å². The molecule has 2 nitrogen and oxygen atoms in total. The molecule has 0 aromatic heterocycles. The molecule has 0 radical (unpaired) electrons. The van der Waals surface area contributed by atoms with E-state index in [9.17, 15) is 0 Å². The van der Waals surface area contributed by atoms with Crippen molar-refractivity contribution in [3.05, 3.63) is 34.3 Å². The van der Waals surface area contributed by atoms with E-state index < -0.39 is 0 Å². The van der Waals surface area contributed by atoms with Crippen LogP contribution in [0.3, 0.4) is 0 Å². The van der Waals surface area contributed by atoms with E-state index >= 15 is 0 Å². The average Bonchev–Trinajstić information content (AvgIpc) is 2.60. The Kier molecular flexibility index (Phi) is 2.23. The first-order valence-corrected chi connectivity index (χ1v) is 5.91. The van der Waals surface area contributed by atoms with E-state index in [1.807, 2.05) is 6.07 Å². The van der Waals surface area contributed by atoms with Gasteiger partial charge in [-0.25, -0.2) is 0 Å². The van der Waals surface area contributed by atoms with Crippen LogP contribution in [0.5, 0.6) is 0 Å². The van der Waals surface area contributed by atoms with Crippen molar-refractivity contribution in [2.24, 2.45) is 5.73 Å². The molecule has 2 unspecified atom stereocenters. The molecule has 3 heteroatoms. The predicted octanol–water partition coefficient (Wildman–Crippen LogP) is 1.97. The van der Waals surface area contributed by atoms with Crippen molar-refractivity contribution in [1.29, 1.82) is 0 Å². The number of hydrogen-bond donors (Lipinski definition) is 1. The summed E-state index contributed by atoms with van der Waals surface area (Å²) < 4.78 is 0. The Balaban J connectivity index is 2.06. The highest BCUT2D eigenvalue weighted by atomic mass is 35.5. The minimum absolute atomic E-state index is 0.297. The second kappa shape index (κ2) is 3.48. The largest absolute Gasteiger partial charge is 0.326 e. The van der Waals surface area contributed by atoms with Crippen molar-refractivity contribution >= 4 is 11.6 Å². The van der Waals surface area contributed by atoms with Gasteiger partial charge < -0.3 is 5.73 Å². The molecule has 0 spiro atoms. The zero-order valence-electron chi connectivity index (χ0n) is 8.62. The van der Waals surface area contributed by atoms with Gasteiger partial charge in [0, 0.05) is 24.2 Å². The molecular formula is C12H15ClN2. The summed E-state index contributed by atoms with van der Waals surface area (Å²) >= 11 is 6.01. The zero-order chi connectivity index (χ0) is 10.4. The summed E-state index contributed by atoms with van der Waals surface area (Å²) in [5.41, 5.74) is 8.96. The number of nitrogens with two attached hydrogens (primary N) is 1. The molecular weight excluding hydrogens is 208 g/mol. The van der Waals surface area contributed by atoms with Gasteiger partial charge in [0.05, 0.1) is 6.04 Å². The van der Waals surface area contributed by atoms with E-state index in [4.69, 9.17) is 17.3 Å². The normalized spacial score (nSPS) is 30.0. The molecule has 1 fully saturated rings. The van der Waals surface area contributed by atoms with Gasteiger partial charge in [0.2, 0.25) is 0 Å². The number of nitrogens with zero attached hydrogens (tertiary/aromatic N) is 1. The van der Waals surface area contributed by atoms with Crippen LogP contribution in [0.2, 0.25) is 5.02 Å². The molecule has 1 aromatic rings. The smallest absolute Gasteiger partial charge is 0.0502 e. The van der Waals surface area contributed by atoms with Crippen molar-refractivity contribution < 1.29 is 0 Å². The molecule has 1 saturated heterocycles. The van der Waals surface area contributed by atoms with Gasteiger partial charge >= 0.3 is 0 Å². The van der Waals surface area contributed by atoms with E-state index in [2.05, 4.69) is 17.0 Å². The van der Waals surface area contributed by atoms with E-state index in [1.165, 1.54) is 11.1 Å². The summed E-state index contributed by atoms with van der Waals surface area (Å²) in [5, 5.41) is 0.841. The minimum Gasteiger partial charge on any atom is -0.326 e. The fraction of sp³-hybridized carbons (Fsp3) is 0.500. The quantitative estimate of drug-likeness (QED) is 0.727. The van der Waals surface area contributed by atoms with Gasteiger partial charge in [-0.1, -0.05) is 17.7 Å². The van der Waals surface area contributed by atoms with Crippen molar-refractivity contribution in [2.75, 3.05) is 13.1 Å². The fourth-order valence-corrected chi connectivity index (χ4v) is 3.10. The van der Waals surface area contributed by atoms with Crippen LogP contribution < -0.4 is 5.73 Å². The van der Waals surface area contributed by atoms with E-state index in [-0.39, 0.29) is 0 Å². The van der Waals surface area contributed by atoms with Gasteiger partial charge in [0.25, 0.3) is 0 Å². The summed E-state index contributed by atoms with van der Waals surface area (Å²) in [6.07, 6.45) is 2.23. The summed E-state index contributed by atoms with van der Waals surface area (Å²) in [5.74, 6) is 0. The second-order valence-corrected chi connectivity index (χ2v) is 4.96. The molecule has 2 N–H and O–H groups in total. The average molecular weight is 223 g/mol. The molecule has 0 amide bonds. The first-order chi connectivity index (χ1) is 7.25. The molecule has 0 aliphatic carbocycles. The van der Waals surface area contributed by atoms with Gasteiger partial charge in [-0.05, 0) is 36.1 Å². The van der Waals surface area contributed by atoms with Crippen molar-refractivity contribution in [3.63, 3.8) is 0 Å². The molecule has 2 atom stereocenters. The molecule has 2 aliphatic rings. The topological polar surface area (TPSA) is 29.3 Å². The third-order valence-electron chi connectivity index (χ3n) is 3.64. The Hall–Kier alpha value is -0.570. The molecule has 0 saturated carbocycles. The SMILES string of the molecule is NC1CCN2CCc3cc(Cl)ccc3C12. The summed E-state index contributed by atoms with van der Waals surface area (Å²) in [6.45, 7) is 2.28. The fourth-order valence-electron chi connectivity index (χ4n) is 2.90. The number of fused-ring (bicyclic) bond motifs is 3. The van der Waals surface area contributed by atoms with Gasteiger partial charge in [0.15, 0.2) is 0 Å². The summed E-state index contributed by atoms with van der Waals surface area (Å²) in [6, 6.07) is 6.96. The van der Waals surface area contributed by atoms with Crippen LogP contribution in [0, 0.1) is 0 Å². The lowest BCUT2D eigenvalue weighted by atomic mass is 9.91. The van der Waals surface area contributed by atoms with Gasteiger partial charge in [-0.15, -0.1) is 0 Å². The number of halogens is 1. The third kappa shape index (κ3) is 1.48. The standard InChI is InChI=1S/C12H15ClN2/c13-9-1-2-10-8(7-9)3-5-15-6-4-11(14)12(10)15/h1-2,7,11-12H,3-6,14H2. The summed E-state index contributed by atoms with van der Waals surface area (Å²) in [4.78, 5) is 2.50. The molecule has 2 aliphatic heterocycles. The minimum atomic E-state index is 0.297. The van der Waals surface area contributed by atoms with Crippen LogP contribution in [0.25, 0.3) is 0 Å². The highest BCUT2D eigenvalue weighted by Crippen LogP contribution is 2.37. The third-order valence-corrected chi connectivity index (χ3v) is 3.88. The van der Waals surface area contributed by atoms with E-state index in [0.29, 0.717) is 12.1 Å². The lowest BCUT2D eigenvalue weighted by Gasteiger charge is -2.33. The Labute approximate surface area is 95.0 Å². The Bertz CT molecular complexity index is 391. The highest BCUT2D eigenvalue weighted by molar-refractivity contribution is 6.30. The maximum Gasteiger partial charge on any atom is 0.0502 e. The Morgan fingerprint density at radius 3 is 3.07 bits per heavy atom. The molecule has 2 heterocycles. The van der Waals surface area contributed by atoms with Crippen LogP contribution >= 0.6 is 11.6 Å². The highest BCUT2D eigenvalue weighted by Gasteiger charge is 2.36. The van der Waals surface area contributed by atoms with Gasteiger partial charge in [-0.3, -0.25) is 4.90 Å². The Morgan fingerprint density at radius 2 is 2.20 bits per heavy atom. The van der Waals surface area contributed by atoms with E-state index in [1.54, 1.807) is 0 Å². The predicted molar refractivity (Wildman–Crippen MR) is 62.1 cm³/mol. The van der Waals surface area contributed by atoms with E-state index in [0.717, 1.165) is 31.0 Å². The second-order valence-electron chi connectivity index (χ2n) is 4.53. The first kappa shape index (κ1) is 9.64. The molecule has 3 rings (SSSR count). The molecule has 80 valence electrons. The number of rotatable bonds is 0. The zero-order valence-corrected chi connectivity index (χ0v) is 9.37. The summed E-state index contributed by atoms with van der Waals surface area (Å²) in [7, 11) is 0. The molecule has 1 aromatic carbocycles. The van der Waals surface area contributed by atoms with Crippen LogP contribution in [0.1, 0.15) is 23.6 Å². The Morgan fingerprint density at radius 1 is 1.33 bits per heavy atom. The van der Waals surface area contributed by atoms with Gasteiger partial charge in [-0.2, -0.15) is 0 Å². The maximum atomic E-state index is 6.17. The maximum absolute atomic E-state index is 6.17. The molecule has 0 bridgehead atoms. The van der Waals surface area contributed by atoms with Crippen molar-refractivity contribution in [3.8, 4) is 0 Å². The molecule has 15 heavy (non-hydrogen) atoms. The van der Waals surface area contributed by atoms with Crippen molar-refractivity contribution in [1.82, 2.24) is 4.90 Å². The lowest BCUT2D eigenvalue weighted by molar-refractivity contribution is 0.234.